The van der Waals surface area contributed by atoms with Crippen LogP contribution in [0, 0.1) is 5.92 Å². The Hall–Kier alpha value is -1.06. The summed E-state index contributed by atoms with van der Waals surface area (Å²) in [4.78, 5) is 2.52. The summed E-state index contributed by atoms with van der Waals surface area (Å²) in [5.41, 5.74) is 7.49. The van der Waals surface area contributed by atoms with Crippen LogP contribution < -0.4 is 10.5 Å². The van der Waals surface area contributed by atoms with Crippen molar-refractivity contribution in [3.05, 3.63) is 29.8 Å². The molecule has 0 spiro atoms. The molecule has 1 aliphatic rings. The van der Waals surface area contributed by atoms with Gasteiger partial charge in [-0.3, -0.25) is 4.90 Å². The molecule has 0 saturated carbocycles. The zero-order valence-corrected chi connectivity index (χ0v) is 12.1. The highest BCUT2D eigenvalue weighted by molar-refractivity contribution is 5.28. The summed E-state index contributed by atoms with van der Waals surface area (Å²) in [7, 11) is 0. The summed E-state index contributed by atoms with van der Waals surface area (Å²) in [6, 6.07) is 8.81. The van der Waals surface area contributed by atoms with Crippen LogP contribution in [0.3, 0.4) is 0 Å². The van der Waals surface area contributed by atoms with E-state index in [9.17, 15) is 0 Å². The summed E-state index contributed by atoms with van der Waals surface area (Å²) >= 11 is 0. The maximum Gasteiger partial charge on any atom is 0.119 e. The minimum absolute atomic E-state index is 0.385. The molecule has 1 fully saturated rings. The molecule has 3 heteroatoms. The Kier molecular flexibility index (Phi) is 5.23. The molecular weight excluding hydrogens is 236 g/mol. The Balaban J connectivity index is 1.95. The Morgan fingerprint density at radius 1 is 1.37 bits per heavy atom. The van der Waals surface area contributed by atoms with Crippen molar-refractivity contribution in [2.45, 2.75) is 39.3 Å². The average Bonchev–Trinajstić information content (AvgIpc) is 2.42. The highest BCUT2D eigenvalue weighted by Crippen LogP contribution is 2.21. The van der Waals surface area contributed by atoms with Gasteiger partial charge in [0.1, 0.15) is 5.75 Å². The van der Waals surface area contributed by atoms with Crippen LogP contribution in [0.25, 0.3) is 0 Å². The van der Waals surface area contributed by atoms with E-state index < -0.39 is 0 Å². The second kappa shape index (κ2) is 6.92. The molecule has 0 aromatic heterocycles. The molecule has 19 heavy (non-hydrogen) atoms. The lowest BCUT2D eigenvalue weighted by Gasteiger charge is -2.36. The lowest BCUT2D eigenvalue weighted by molar-refractivity contribution is 0.145. The molecule has 2 N–H and O–H groups in total. The third-order valence-electron chi connectivity index (χ3n) is 4.02. The van der Waals surface area contributed by atoms with E-state index in [2.05, 4.69) is 30.0 Å². The topological polar surface area (TPSA) is 38.5 Å². The first-order valence-corrected chi connectivity index (χ1v) is 7.42. The van der Waals surface area contributed by atoms with Crippen molar-refractivity contribution in [2.75, 3.05) is 19.7 Å². The first-order valence-electron chi connectivity index (χ1n) is 7.42. The monoisotopic (exact) mass is 262 g/mol. The van der Waals surface area contributed by atoms with Gasteiger partial charge in [0, 0.05) is 19.1 Å². The van der Waals surface area contributed by atoms with Gasteiger partial charge >= 0.3 is 0 Å². The summed E-state index contributed by atoms with van der Waals surface area (Å²) in [5.74, 6) is 1.62. The zero-order valence-electron chi connectivity index (χ0n) is 12.1. The number of benzene rings is 1. The fourth-order valence-corrected chi connectivity index (χ4v) is 2.86. The quantitative estimate of drug-likeness (QED) is 0.886. The van der Waals surface area contributed by atoms with Crippen LogP contribution in [0.1, 0.15) is 32.3 Å². The van der Waals surface area contributed by atoms with Crippen LogP contribution in [-0.4, -0.2) is 30.6 Å². The normalized spacial score (nSPS) is 24.4. The molecule has 2 unspecified atom stereocenters. The molecule has 1 saturated heterocycles. The maximum atomic E-state index is 6.16. The molecule has 3 nitrogen and oxygen atoms in total. The predicted molar refractivity (Wildman–Crippen MR) is 79.3 cm³/mol. The number of nitrogens with zero attached hydrogens (tertiary/aromatic N) is 1. The van der Waals surface area contributed by atoms with Crippen LogP contribution in [0.15, 0.2) is 24.3 Å². The third kappa shape index (κ3) is 3.95. The molecule has 1 aromatic rings. The summed E-state index contributed by atoms with van der Waals surface area (Å²) in [5, 5.41) is 0. The average molecular weight is 262 g/mol. The van der Waals surface area contributed by atoms with Crippen LogP contribution in [0.4, 0.5) is 0 Å². The molecule has 0 radical (unpaired) electrons. The van der Waals surface area contributed by atoms with E-state index >= 15 is 0 Å². The highest BCUT2D eigenvalue weighted by Gasteiger charge is 2.25. The molecule has 2 rings (SSSR count). The maximum absolute atomic E-state index is 6.16. The second-order valence-electron chi connectivity index (χ2n) is 5.44. The number of likely N-dealkylation sites (tertiary alicyclic amines) is 1. The standard InChI is InChI=1S/C16H26N2O/c1-3-14-12-18(9-8-16(14)17)11-13-6-5-7-15(10-13)19-4-2/h5-7,10,14,16H,3-4,8-9,11-12,17H2,1-2H3. The van der Waals surface area contributed by atoms with Crippen molar-refractivity contribution in [3.8, 4) is 5.75 Å². The van der Waals surface area contributed by atoms with Gasteiger partial charge in [0.2, 0.25) is 0 Å². The fourth-order valence-electron chi connectivity index (χ4n) is 2.86. The van der Waals surface area contributed by atoms with Gasteiger partial charge in [-0.2, -0.15) is 0 Å². The molecule has 106 valence electrons. The molecule has 1 aromatic carbocycles. The Morgan fingerprint density at radius 3 is 2.95 bits per heavy atom. The molecule has 0 aliphatic carbocycles. The number of piperidine rings is 1. The van der Waals surface area contributed by atoms with Crippen LogP contribution in [0.5, 0.6) is 5.75 Å². The van der Waals surface area contributed by atoms with Gasteiger partial charge in [-0.15, -0.1) is 0 Å². The van der Waals surface area contributed by atoms with Gasteiger partial charge < -0.3 is 10.5 Å². The minimum Gasteiger partial charge on any atom is -0.494 e. The van der Waals surface area contributed by atoms with Gasteiger partial charge in [0.25, 0.3) is 0 Å². The number of rotatable bonds is 5. The van der Waals surface area contributed by atoms with Crippen LogP contribution >= 0.6 is 0 Å². The predicted octanol–water partition coefficient (Wildman–Crippen LogP) is 2.64. The number of ether oxygens (including phenoxy) is 1. The Morgan fingerprint density at radius 2 is 2.21 bits per heavy atom. The zero-order chi connectivity index (χ0) is 13.7. The lowest BCUT2D eigenvalue weighted by Crippen LogP contribution is -2.46. The van der Waals surface area contributed by atoms with Gasteiger partial charge in [0.05, 0.1) is 6.61 Å². The van der Waals surface area contributed by atoms with Gasteiger partial charge in [0.15, 0.2) is 0 Å². The van der Waals surface area contributed by atoms with Crippen molar-refractivity contribution >= 4 is 0 Å². The van der Waals surface area contributed by atoms with E-state index in [1.807, 2.05) is 13.0 Å². The SMILES string of the molecule is CCOc1cccc(CN2CCC(N)C(CC)C2)c1. The summed E-state index contributed by atoms with van der Waals surface area (Å²) < 4.78 is 5.56. The number of hydrogen-bond acceptors (Lipinski definition) is 3. The van der Waals surface area contributed by atoms with Crippen molar-refractivity contribution < 1.29 is 4.74 Å². The summed E-state index contributed by atoms with van der Waals surface area (Å²) in [6.07, 6.45) is 2.29. The Bertz CT molecular complexity index is 394. The first kappa shape index (κ1) is 14.4. The van der Waals surface area contributed by atoms with E-state index in [1.54, 1.807) is 0 Å². The second-order valence-corrected chi connectivity index (χ2v) is 5.44. The summed E-state index contributed by atoms with van der Waals surface area (Å²) in [6.45, 7) is 8.21. The molecule has 0 amide bonds. The highest BCUT2D eigenvalue weighted by atomic mass is 16.5. The molecular formula is C16H26N2O. The number of nitrogens with two attached hydrogens (primary N) is 1. The molecule has 2 atom stereocenters. The van der Waals surface area contributed by atoms with Gasteiger partial charge in [-0.05, 0) is 43.5 Å². The van der Waals surface area contributed by atoms with E-state index in [0.29, 0.717) is 12.0 Å². The fraction of sp³-hybridized carbons (Fsp3) is 0.625. The van der Waals surface area contributed by atoms with E-state index in [4.69, 9.17) is 10.5 Å². The first-order chi connectivity index (χ1) is 9.22. The van der Waals surface area contributed by atoms with Gasteiger partial charge in [-0.1, -0.05) is 25.5 Å². The van der Waals surface area contributed by atoms with Crippen molar-refractivity contribution in [3.63, 3.8) is 0 Å². The van der Waals surface area contributed by atoms with Crippen molar-refractivity contribution in [1.29, 1.82) is 0 Å². The van der Waals surface area contributed by atoms with Crippen molar-refractivity contribution in [1.82, 2.24) is 4.90 Å². The van der Waals surface area contributed by atoms with Crippen molar-refractivity contribution in [2.24, 2.45) is 11.7 Å². The Labute approximate surface area is 116 Å². The third-order valence-corrected chi connectivity index (χ3v) is 4.02. The van der Waals surface area contributed by atoms with E-state index in [1.165, 1.54) is 12.0 Å². The van der Waals surface area contributed by atoms with Gasteiger partial charge in [-0.25, -0.2) is 0 Å². The van der Waals surface area contributed by atoms with E-state index in [-0.39, 0.29) is 0 Å². The van der Waals surface area contributed by atoms with E-state index in [0.717, 1.165) is 38.4 Å². The molecule has 1 aliphatic heterocycles. The smallest absolute Gasteiger partial charge is 0.119 e. The molecule has 1 heterocycles. The van der Waals surface area contributed by atoms with Crippen LogP contribution in [-0.2, 0) is 6.54 Å². The molecule has 0 bridgehead atoms. The largest absolute Gasteiger partial charge is 0.494 e. The minimum atomic E-state index is 0.385. The number of hydrogen-bond donors (Lipinski definition) is 1. The van der Waals surface area contributed by atoms with Crippen LogP contribution in [0.2, 0.25) is 0 Å². The lowest BCUT2D eigenvalue weighted by atomic mass is 9.90.